The van der Waals surface area contributed by atoms with Crippen LogP contribution in [0.4, 0.5) is 11.5 Å². The average Bonchev–Trinajstić information content (AvgIpc) is 2.73. The van der Waals surface area contributed by atoms with Crippen molar-refractivity contribution >= 4 is 50.7 Å². The van der Waals surface area contributed by atoms with E-state index in [4.69, 9.17) is 11.6 Å². The summed E-state index contributed by atoms with van der Waals surface area (Å²) in [5, 5.41) is 6.33. The van der Waals surface area contributed by atoms with Gasteiger partial charge in [0.05, 0.1) is 16.0 Å². The summed E-state index contributed by atoms with van der Waals surface area (Å²) in [5.41, 5.74) is 1.87. The minimum atomic E-state index is -0.362. The summed E-state index contributed by atoms with van der Waals surface area (Å²) >= 11 is 9.28. The Morgan fingerprint density at radius 3 is 2.39 bits per heavy atom. The van der Waals surface area contributed by atoms with Gasteiger partial charge in [-0.15, -0.1) is 0 Å². The molecule has 0 fully saturated rings. The fourth-order valence-corrected chi connectivity index (χ4v) is 2.94. The molecule has 2 N–H and O–H groups in total. The molecule has 5 nitrogen and oxygen atoms in total. The summed E-state index contributed by atoms with van der Waals surface area (Å²) in [6, 6.07) is 20.0. The summed E-state index contributed by atoms with van der Waals surface area (Å²) < 4.78 is 0. The van der Waals surface area contributed by atoms with Gasteiger partial charge in [-0.2, -0.15) is 0 Å². The van der Waals surface area contributed by atoms with Gasteiger partial charge in [-0.25, -0.2) is 4.98 Å². The van der Waals surface area contributed by atoms with Crippen molar-refractivity contribution < 1.29 is 9.59 Å². The van der Waals surface area contributed by atoms with Gasteiger partial charge in [0, 0.05) is 12.1 Å². The minimum absolute atomic E-state index is 0.112. The van der Waals surface area contributed by atoms with E-state index >= 15 is 0 Å². The molecule has 1 heterocycles. The van der Waals surface area contributed by atoms with Gasteiger partial charge in [-0.3, -0.25) is 9.59 Å². The highest BCUT2D eigenvalue weighted by Crippen LogP contribution is 2.24. The SMILES string of the molecule is O=C(CBr)Nc1ccc(NCc2ccccc2)nc1C(=O)c1ccccc1Cl. The number of anilines is 2. The normalized spacial score (nSPS) is 10.4. The second-order valence-corrected chi connectivity index (χ2v) is 6.89. The predicted octanol–water partition coefficient (Wildman–Crippen LogP) is 4.91. The second-order valence-electron chi connectivity index (χ2n) is 5.92. The molecule has 0 saturated carbocycles. The molecule has 0 bridgehead atoms. The molecule has 0 saturated heterocycles. The largest absolute Gasteiger partial charge is 0.366 e. The molecule has 0 unspecified atom stereocenters. The number of hydrogen-bond acceptors (Lipinski definition) is 4. The maximum atomic E-state index is 13.0. The first-order chi connectivity index (χ1) is 13.6. The van der Waals surface area contributed by atoms with E-state index in [0.29, 0.717) is 28.6 Å². The number of nitrogens with one attached hydrogen (secondary N) is 2. The lowest BCUT2D eigenvalue weighted by Gasteiger charge is -2.13. The first kappa shape index (κ1) is 20.0. The zero-order valence-corrected chi connectivity index (χ0v) is 17.1. The number of hydrogen-bond donors (Lipinski definition) is 2. The van der Waals surface area contributed by atoms with Crippen molar-refractivity contribution in [2.24, 2.45) is 0 Å². The zero-order chi connectivity index (χ0) is 19.9. The summed E-state index contributed by atoms with van der Waals surface area (Å²) in [4.78, 5) is 29.3. The van der Waals surface area contributed by atoms with Crippen molar-refractivity contribution in [1.29, 1.82) is 0 Å². The van der Waals surface area contributed by atoms with Crippen molar-refractivity contribution in [3.8, 4) is 0 Å². The fraction of sp³-hybridized carbons (Fsp3) is 0.0952. The number of benzene rings is 2. The molecular formula is C21H17BrClN3O2. The van der Waals surface area contributed by atoms with Crippen LogP contribution in [0, 0.1) is 0 Å². The molecule has 0 aliphatic rings. The Bertz CT molecular complexity index is 996. The quantitative estimate of drug-likeness (QED) is 0.390. The van der Waals surface area contributed by atoms with Crippen molar-refractivity contribution in [1.82, 2.24) is 4.98 Å². The van der Waals surface area contributed by atoms with Gasteiger partial charge in [-0.1, -0.05) is 70.0 Å². The van der Waals surface area contributed by atoms with Crippen LogP contribution in [0.5, 0.6) is 0 Å². The standard InChI is InChI=1S/C21H17BrClN3O2/c22-12-19(27)25-17-10-11-18(24-13-14-6-2-1-3-7-14)26-20(17)21(28)15-8-4-5-9-16(15)23/h1-11H,12-13H2,(H,24,26)(H,25,27). The number of nitrogens with zero attached hydrogens (tertiary/aromatic N) is 1. The smallest absolute Gasteiger partial charge is 0.235 e. The molecule has 28 heavy (non-hydrogen) atoms. The first-order valence-electron chi connectivity index (χ1n) is 8.52. The third-order valence-corrected chi connectivity index (χ3v) is 4.78. The third-order valence-electron chi connectivity index (χ3n) is 3.94. The Kier molecular flexibility index (Phi) is 6.79. The van der Waals surface area contributed by atoms with Gasteiger partial charge < -0.3 is 10.6 Å². The highest BCUT2D eigenvalue weighted by Gasteiger charge is 2.20. The topological polar surface area (TPSA) is 71.1 Å². The summed E-state index contributed by atoms with van der Waals surface area (Å²) in [5.74, 6) is -0.116. The Hall–Kier alpha value is -2.70. The van der Waals surface area contributed by atoms with Crippen LogP contribution in [-0.4, -0.2) is 22.0 Å². The average molecular weight is 459 g/mol. The summed E-state index contributed by atoms with van der Waals surface area (Å²) in [6.45, 7) is 0.556. The number of ketones is 1. The molecule has 0 aliphatic carbocycles. The van der Waals surface area contributed by atoms with Gasteiger partial charge in [0.25, 0.3) is 0 Å². The van der Waals surface area contributed by atoms with Crippen molar-refractivity contribution in [2.75, 3.05) is 16.0 Å². The van der Waals surface area contributed by atoms with E-state index in [1.165, 1.54) is 0 Å². The maximum Gasteiger partial charge on any atom is 0.235 e. The van der Waals surface area contributed by atoms with Crippen LogP contribution in [0.2, 0.25) is 5.02 Å². The van der Waals surface area contributed by atoms with E-state index < -0.39 is 0 Å². The van der Waals surface area contributed by atoms with E-state index in [2.05, 4.69) is 31.5 Å². The van der Waals surface area contributed by atoms with E-state index in [9.17, 15) is 9.59 Å². The first-order valence-corrected chi connectivity index (χ1v) is 10.0. The number of rotatable bonds is 7. The van der Waals surface area contributed by atoms with Gasteiger partial charge in [-0.05, 0) is 29.8 Å². The van der Waals surface area contributed by atoms with Crippen molar-refractivity contribution in [3.63, 3.8) is 0 Å². The van der Waals surface area contributed by atoms with Gasteiger partial charge in [0.1, 0.15) is 11.5 Å². The number of carbonyl (C=O) groups excluding carboxylic acids is 2. The molecule has 0 aliphatic heterocycles. The Balaban J connectivity index is 1.92. The molecule has 3 rings (SSSR count). The van der Waals surface area contributed by atoms with Crippen LogP contribution in [0.3, 0.4) is 0 Å². The summed E-state index contributed by atoms with van der Waals surface area (Å²) in [6.07, 6.45) is 0. The number of carbonyl (C=O) groups is 2. The van der Waals surface area contributed by atoms with Crippen LogP contribution < -0.4 is 10.6 Å². The number of aromatic nitrogens is 1. The van der Waals surface area contributed by atoms with Crippen LogP contribution in [-0.2, 0) is 11.3 Å². The Labute approximate surface area is 176 Å². The zero-order valence-electron chi connectivity index (χ0n) is 14.8. The molecule has 142 valence electrons. The Morgan fingerprint density at radius 2 is 1.68 bits per heavy atom. The molecule has 3 aromatic rings. The molecule has 0 spiro atoms. The van der Waals surface area contributed by atoms with E-state index in [1.807, 2.05) is 30.3 Å². The molecular weight excluding hydrogens is 442 g/mol. The highest BCUT2D eigenvalue weighted by molar-refractivity contribution is 9.09. The summed E-state index contributed by atoms with van der Waals surface area (Å²) in [7, 11) is 0. The predicted molar refractivity (Wildman–Crippen MR) is 115 cm³/mol. The van der Waals surface area contributed by atoms with Crippen LogP contribution in [0.1, 0.15) is 21.6 Å². The van der Waals surface area contributed by atoms with Crippen molar-refractivity contribution in [2.45, 2.75) is 6.54 Å². The molecule has 1 amide bonds. The van der Waals surface area contributed by atoms with Crippen LogP contribution >= 0.6 is 27.5 Å². The lowest BCUT2D eigenvalue weighted by atomic mass is 10.1. The number of alkyl halides is 1. The van der Waals surface area contributed by atoms with E-state index in [1.54, 1.807) is 36.4 Å². The van der Waals surface area contributed by atoms with Gasteiger partial charge in [0.15, 0.2) is 0 Å². The monoisotopic (exact) mass is 457 g/mol. The lowest BCUT2D eigenvalue weighted by Crippen LogP contribution is -2.17. The second kappa shape index (κ2) is 9.48. The Morgan fingerprint density at radius 1 is 0.964 bits per heavy atom. The van der Waals surface area contributed by atoms with Gasteiger partial charge >= 0.3 is 0 Å². The minimum Gasteiger partial charge on any atom is -0.366 e. The van der Waals surface area contributed by atoms with Gasteiger partial charge in [0.2, 0.25) is 11.7 Å². The number of pyridine rings is 1. The van der Waals surface area contributed by atoms with E-state index in [0.717, 1.165) is 5.56 Å². The van der Waals surface area contributed by atoms with Crippen molar-refractivity contribution in [3.05, 3.63) is 88.6 Å². The van der Waals surface area contributed by atoms with Crippen LogP contribution in [0.15, 0.2) is 66.7 Å². The molecule has 0 radical (unpaired) electrons. The lowest BCUT2D eigenvalue weighted by molar-refractivity contribution is -0.113. The molecule has 2 aromatic carbocycles. The van der Waals surface area contributed by atoms with Crippen LogP contribution in [0.25, 0.3) is 0 Å². The maximum absolute atomic E-state index is 13.0. The third kappa shape index (κ3) is 4.97. The molecule has 1 aromatic heterocycles. The molecule has 7 heteroatoms. The van der Waals surface area contributed by atoms with E-state index in [-0.39, 0.29) is 22.7 Å². The fourth-order valence-electron chi connectivity index (χ4n) is 2.58. The molecule has 0 atom stereocenters. The highest BCUT2D eigenvalue weighted by atomic mass is 79.9. The number of amides is 1. The number of halogens is 2.